The predicted octanol–water partition coefficient (Wildman–Crippen LogP) is 5.26. The van der Waals surface area contributed by atoms with Crippen molar-refractivity contribution >= 4 is 29.8 Å². The van der Waals surface area contributed by atoms with Gasteiger partial charge in [0.25, 0.3) is 0 Å². The molecule has 0 atom stereocenters. The first-order chi connectivity index (χ1) is 17.4. The van der Waals surface area contributed by atoms with Gasteiger partial charge in [0.15, 0.2) is 23.0 Å². The van der Waals surface area contributed by atoms with Crippen molar-refractivity contribution in [1.82, 2.24) is 0 Å². The van der Waals surface area contributed by atoms with Crippen LogP contribution in [0.1, 0.15) is 16.7 Å². The number of hydrogen-bond acceptors (Lipinski definition) is 7. The molecule has 3 aromatic carbocycles. The van der Waals surface area contributed by atoms with Crippen molar-refractivity contribution in [2.45, 2.75) is 0 Å². The Morgan fingerprint density at radius 2 is 1.22 bits per heavy atom. The maximum Gasteiger partial charge on any atom is 0.248 e. The highest BCUT2D eigenvalue weighted by Crippen LogP contribution is 2.38. The lowest BCUT2D eigenvalue weighted by Gasteiger charge is -2.12. The molecule has 2 N–H and O–H groups in total. The summed E-state index contributed by atoms with van der Waals surface area (Å²) in [6, 6.07) is 13.9. The first kappa shape index (κ1) is 26.0. The lowest BCUT2D eigenvalue weighted by molar-refractivity contribution is -0.111. The highest BCUT2D eigenvalue weighted by atomic mass is 16.5. The quantitative estimate of drug-likeness (QED) is 0.227. The number of phenolic OH excluding ortho intramolecular Hbond substituents is 1. The van der Waals surface area contributed by atoms with Crippen LogP contribution in [-0.2, 0) is 4.79 Å². The van der Waals surface area contributed by atoms with Crippen molar-refractivity contribution in [2.24, 2.45) is 0 Å². The molecule has 0 saturated heterocycles. The van der Waals surface area contributed by atoms with E-state index in [-0.39, 0.29) is 11.7 Å². The van der Waals surface area contributed by atoms with Gasteiger partial charge in [-0.1, -0.05) is 24.3 Å². The summed E-state index contributed by atoms with van der Waals surface area (Å²) in [5, 5.41) is 13.1. The fourth-order valence-electron chi connectivity index (χ4n) is 3.45. The Hall–Kier alpha value is -4.59. The molecule has 0 aliphatic heterocycles. The number of hydrogen-bond donors (Lipinski definition) is 2. The number of anilines is 1. The van der Waals surface area contributed by atoms with Crippen LogP contribution in [0.5, 0.6) is 34.5 Å². The Labute approximate surface area is 210 Å². The van der Waals surface area contributed by atoms with Crippen molar-refractivity contribution in [3.8, 4) is 34.5 Å². The van der Waals surface area contributed by atoms with Crippen molar-refractivity contribution in [3.63, 3.8) is 0 Å². The molecular formula is C28H29NO7. The molecule has 0 bridgehead atoms. The molecular weight excluding hydrogens is 462 g/mol. The number of nitrogens with one attached hydrogen (secondary N) is 1. The average Bonchev–Trinajstić information content (AvgIpc) is 2.91. The van der Waals surface area contributed by atoms with Crippen LogP contribution in [0.15, 0.2) is 54.6 Å². The molecule has 8 heteroatoms. The maximum atomic E-state index is 12.4. The van der Waals surface area contributed by atoms with Gasteiger partial charge in [-0.05, 0) is 59.2 Å². The number of aromatic hydroxyl groups is 1. The predicted molar refractivity (Wildman–Crippen MR) is 140 cm³/mol. The zero-order valence-corrected chi connectivity index (χ0v) is 20.8. The molecule has 0 saturated carbocycles. The summed E-state index contributed by atoms with van der Waals surface area (Å²) in [6.45, 7) is 0. The van der Waals surface area contributed by atoms with Gasteiger partial charge in [-0.15, -0.1) is 0 Å². The van der Waals surface area contributed by atoms with Gasteiger partial charge in [-0.3, -0.25) is 4.79 Å². The van der Waals surface area contributed by atoms with E-state index >= 15 is 0 Å². The topological polar surface area (TPSA) is 95.5 Å². The van der Waals surface area contributed by atoms with E-state index in [9.17, 15) is 9.90 Å². The lowest BCUT2D eigenvalue weighted by atomic mass is 10.1. The largest absolute Gasteiger partial charge is 0.506 e. The van der Waals surface area contributed by atoms with Crippen LogP contribution >= 0.6 is 0 Å². The molecule has 3 aromatic rings. The number of phenols is 1. The normalized spacial score (nSPS) is 10.9. The van der Waals surface area contributed by atoms with Gasteiger partial charge in [-0.25, -0.2) is 0 Å². The highest BCUT2D eigenvalue weighted by Gasteiger charge is 2.12. The monoisotopic (exact) mass is 491 g/mol. The summed E-state index contributed by atoms with van der Waals surface area (Å²) in [5.41, 5.74) is 2.61. The first-order valence-corrected chi connectivity index (χ1v) is 10.9. The molecule has 8 nitrogen and oxygen atoms in total. The van der Waals surface area contributed by atoms with E-state index in [0.717, 1.165) is 16.7 Å². The number of carbonyl (C=O) groups excluding carboxylic acids is 1. The van der Waals surface area contributed by atoms with Crippen LogP contribution in [0.3, 0.4) is 0 Å². The van der Waals surface area contributed by atoms with Crippen molar-refractivity contribution < 1.29 is 33.6 Å². The van der Waals surface area contributed by atoms with Crippen LogP contribution in [0.2, 0.25) is 0 Å². The number of carbonyl (C=O) groups is 1. The minimum Gasteiger partial charge on any atom is -0.506 e. The molecule has 36 heavy (non-hydrogen) atoms. The van der Waals surface area contributed by atoms with Gasteiger partial charge in [0.1, 0.15) is 5.75 Å². The van der Waals surface area contributed by atoms with Crippen molar-refractivity contribution in [1.29, 1.82) is 0 Å². The third-order valence-electron chi connectivity index (χ3n) is 5.27. The first-order valence-electron chi connectivity index (χ1n) is 10.9. The van der Waals surface area contributed by atoms with Gasteiger partial charge in [-0.2, -0.15) is 0 Å². The number of benzene rings is 3. The van der Waals surface area contributed by atoms with Crippen LogP contribution in [0, 0.1) is 0 Å². The van der Waals surface area contributed by atoms with E-state index in [2.05, 4.69) is 5.32 Å². The summed E-state index contributed by atoms with van der Waals surface area (Å²) in [6.07, 6.45) is 6.69. The standard InChI is InChI=1S/C28H29NO7/c1-32-23-12-9-19(15-24(23)33-2)10-13-27(31)29-21-11-8-18(14-22(21)30)6-7-20-16-25(34-3)28(36-5)26(17-20)35-4/h6-17,30H,1-5H3,(H,29,31)/b7-6?,13-10+. The molecule has 0 radical (unpaired) electrons. The van der Waals surface area contributed by atoms with Gasteiger partial charge >= 0.3 is 0 Å². The summed E-state index contributed by atoms with van der Waals surface area (Å²) < 4.78 is 26.6. The molecule has 188 valence electrons. The van der Waals surface area contributed by atoms with E-state index in [0.29, 0.717) is 34.4 Å². The molecule has 0 unspecified atom stereocenters. The zero-order chi connectivity index (χ0) is 26.1. The van der Waals surface area contributed by atoms with Crippen LogP contribution in [0.25, 0.3) is 18.2 Å². The Balaban J connectivity index is 1.70. The number of ether oxygens (including phenoxy) is 5. The van der Waals surface area contributed by atoms with Gasteiger partial charge in [0.05, 0.1) is 41.2 Å². The molecule has 3 rings (SSSR count). The average molecular weight is 492 g/mol. The fraction of sp³-hybridized carbons (Fsp3) is 0.179. The van der Waals surface area contributed by atoms with Crippen molar-refractivity contribution in [2.75, 3.05) is 40.9 Å². The van der Waals surface area contributed by atoms with Gasteiger partial charge in [0.2, 0.25) is 11.7 Å². The molecule has 0 aliphatic carbocycles. The second-order valence-corrected chi connectivity index (χ2v) is 7.51. The minimum absolute atomic E-state index is 0.0603. The molecule has 0 aliphatic rings. The zero-order valence-electron chi connectivity index (χ0n) is 20.8. The number of rotatable bonds is 10. The fourth-order valence-corrected chi connectivity index (χ4v) is 3.45. The van der Waals surface area contributed by atoms with E-state index in [1.165, 1.54) is 6.08 Å². The minimum atomic E-state index is -0.388. The van der Waals surface area contributed by atoms with Crippen LogP contribution in [-0.4, -0.2) is 46.6 Å². The van der Waals surface area contributed by atoms with Gasteiger partial charge in [0, 0.05) is 6.08 Å². The maximum absolute atomic E-state index is 12.4. The summed E-state index contributed by atoms with van der Waals surface area (Å²) in [5.74, 6) is 2.30. The SMILES string of the molecule is COc1ccc(/C=C/C(=O)Nc2ccc(C=Cc3cc(OC)c(OC)c(OC)c3)cc2O)cc1OC. The van der Waals surface area contributed by atoms with Crippen LogP contribution in [0.4, 0.5) is 5.69 Å². The second-order valence-electron chi connectivity index (χ2n) is 7.51. The molecule has 0 spiro atoms. The van der Waals surface area contributed by atoms with E-state index in [1.54, 1.807) is 78.0 Å². The van der Waals surface area contributed by atoms with Gasteiger partial charge < -0.3 is 34.1 Å². The molecule has 0 fully saturated rings. The van der Waals surface area contributed by atoms with E-state index < -0.39 is 0 Å². The molecule has 1 amide bonds. The van der Waals surface area contributed by atoms with E-state index in [4.69, 9.17) is 23.7 Å². The Morgan fingerprint density at radius 1 is 0.667 bits per heavy atom. The third kappa shape index (κ3) is 6.29. The lowest BCUT2D eigenvalue weighted by Crippen LogP contribution is -2.07. The molecule has 0 aromatic heterocycles. The smallest absolute Gasteiger partial charge is 0.248 e. The summed E-state index contributed by atoms with van der Waals surface area (Å²) in [7, 11) is 7.76. The van der Waals surface area contributed by atoms with E-state index in [1.807, 2.05) is 24.3 Å². The Bertz CT molecular complexity index is 1260. The third-order valence-corrected chi connectivity index (χ3v) is 5.27. The Kier molecular flexibility index (Phi) is 8.83. The van der Waals surface area contributed by atoms with Crippen LogP contribution < -0.4 is 29.0 Å². The second kappa shape index (κ2) is 12.2. The Morgan fingerprint density at radius 3 is 1.81 bits per heavy atom. The molecule has 0 heterocycles. The van der Waals surface area contributed by atoms with Crippen molar-refractivity contribution in [3.05, 3.63) is 71.3 Å². The summed E-state index contributed by atoms with van der Waals surface area (Å²) >= 11 is 0. The summed E-state index contributed by atoms with van der Waals surface area (Å²) in [4.78, 5) is 12.4. The number of methoxy groups -OCH3 is 5. The number of amides is 1. The highest BCUT2D eigenvalue weighted by molar-refractivity contribution is 6.02.